The minimum absolute atomic E-state index is 0.0301. The van der Waals surface area contributed by atoms with Crippen LogP contribution in [0, 0.1) is 16.7 Å². The van der Waals surface area contributed by atoms with Crippen molar-refractivity contribution in [2.75, 3.05) is 23.4 Å². The Morgan fingerprint density at radius 3 is 2.61 bits per heavy atom. The number of benzene rings is 2. The third kappa shape index (κ3) is 3.84. The SMILES string of the molecule is CCCN1C(=O)C(C)(C)COc2cc(NC(=O)c3ccc(C#N)cc3)ccc21. The maximum atomic E-state index is 12.9. The number of ether oxygens (including phenoxy) is 1. The average molecular weight is 377 g/mol. The van der Waals surface area contributed by atoms with E-state index in [4.69, 9.17) is 10.00 Å². The molecule has 0 bridgehead atoms. The van der Waals surface area contributed by atoms with Crippen molar-refractivity contribution in [3.8, 4) is 11.8 Å². The number of rotatable bonds is 4. The Kier molecular flexibility index (Phi) is 5.36. The zero-order chi connectivity index (χ0) is 20.3. The Hall–Kier alpha value is -3.33. The van der Waals surface area contributed by atoms with E-state index >= 15 is 0 Å². The zero-order valence-corrected chi connectivity index (χ0v) is 16.3. The topological polar surface area (TPSA) is 82.4 Å². The number of nitriles is 1. The first kappa shape index (κ1) is 19.4. The molecular formula is C22H23N3O3. The maximum Gasteiger partial charge on any atom is 0.255 e. The Bertz CT molecular complexity index is 942. The molecule has 0 spiro atoms. The van der Waals surface area contributed by atoms with Crippen molar-refractivity contribution in [2.24, 2.45) is 5.41 Å². The van der Waals surface area contributed by atoms with Crippen LogP contribution >= 0.6 is 0 Å². The largest absolute Gasteiger partial charge is 0.490 e. The number of hydrogen-bond donors (Lipinski definition) is 1. The minimum atomic E-state index is -0.625. The summed E-state index contributed by atoms with van der Waals surface area (Å²) in [5.74, 6) is 0.326. The van der Waals surface area contributed by atoms with Gasteiger partial charge in [0.1, 0.15) is 12.4 Å². The first-order valence-electron chi connectivity index (χ1n) is 9.26. The molecule has 2 aromatic carbocycles. The molecule has 1 N–H and O–H groups in total. The number of fused-ring (bicyclic) bond motifs is 1. The summed E-state index contributed by atoms with van der Waals surface area (Å²) in [5, 5.41) is 11.7. The fourth-order valence-electron chi connectivity index (χ4n) is 3.07. The van der Waals surface area contributed by atoms with Gasteiger partial charge in [-0.1, -0.05) is 6.92 Å². The van der Waals surface area contributed by atoms with Crippen LogP contribution in [0.5, 0.6) is 5.75 Å². The Morgan fingerprint density at radius 2 is 1.96 bits per heavy atom. The second-order valence-electron chi connectivity index (χ2n) is 7.46. The highest BCUT2D eigenvalue weighted by Gasteiger charge is 2.37. The van der Waals surface area contributed by atoms with Crippen molar-refractivity contribution >= 4 is 23.2 Å². The van der Waals surface area contributed by atoms with Gasteiger partial charge < -0.3 is 15.0 Å². The molecule has 0 aliphatic carbocycles. The fraction of sp³-hybridized carbons (Fsp3) is 0.318. The Labute approximate surface area is 164 Å². The van der Waals surface area contributed by atoms with Crippen LogP contribution in [0.25, 0.3) is 0 Å². The van der Waals surface area contributed by atoms with Gasteiger partial charge in [0, 0.05) is 23.9 Å². The van der Waals surface area contributed by atoms with Gasteiger partial charge in [0.15, 0.2) is 0 Å². The van der Waals surface area contributed by atoms with E-state index in [1.165, 1.54) is 0 Å². The van der Waals surface area contributed by atoms with Crippen LogP contribution in [0.15, 0.2) is 42.5 Å². The molecule has 1 aliphatic rings. The van der Waals surface area contributed by atoms with Gasteiger partial charge in [-0.2, -0.15) is 5.26 Å². The molecular weight excluding hydrogens is 354 g/mol. The predicted molar refractivity (Wildman–Crippen MR) is 107 cm³/mol. The molecule has 2 aromatic rings. The van der Waals surface area contributed by atoms with Gasteiger partial charge in [-0.05, 0) is 56.7 Å². The third-order valence-corrected chi connectivity index (χ3v) is 4.64. The van der Waals surface area contributed by atoms with Gasteiger partial charge >= 0.3 is 0 Å². The highest BCUT2D eigenvalue weighted by Crippen LogP contribution is 2.38. The van der Waals surface area contributed by atoms with E-state index in [2.05, 4.69) is 5.32 Å². The highest BCUT2D eigenvalue weighted by molar-refractivity contribution is 6.05. The predicted octanol–water partition coefficient (Wildman–Crippen LogP) is 3.97. The molecule has 0 fully saturated rings. The summed E-state index contributed by atoms with van der Waals surface area (Å²) in [6, 6.07) is 13.8. The number of nitrogens with zero attached hydrogens (tertiary/aromatic N) is 2. The number of nitrogens with one attached hydrogen (secondary N) is 1. The lowest BCUT2D eigenvalue weighted by Crippen LogP contribution is -2.42. The summed E-state index contributed by atoms with van der Waals surface area (Å²) in [6.45, 7) is 6.65. The lowest BCUT2D eigenvalue weighted by atomic mass is 9.93. The van der Waals surface area contributed by atoms with Crippen molar-refractivity contribution in [2.45, 2.75) is 27.2 Å². The third-order valence-electron chi connectivity index (χ3n) is 4.64. The van der Waals surface area contributed by atoms with Gasteiger partial charge in [-0.25, -0.2) is 0 Å². The average Bonchev–Trinajstić information content (AvgIpc) is 2.78. The molecule has 28 heavy (non-hydrogen) atoms. The van der Waals surface area contributed by atoms with E-state index in [1.807, 2.05) is 26.8 Å². The van der Waals surface area contributed by atoms with Crippen LogP contribution in [0.1, 0.15) is 43.1 Å². The molecule has 6 nitrogen and oxygen atoms in total. The molecule has 0 atom stereocenters. The van der Waals surface area contributed by atoms with Crippen LogP contribution < -0.4 is 15.0 Å². The Morgan fingerprint density at radius 1 is 1.25 bits per heavy atom. The summed E-state index contributed by atoms with van der Waals surface area (Å²) in [4.78, 5) is 27.1. The molecule has 2 amide bonds. The number of carbonyl (C=O) groups is 2. The molecule has 144 valence electrons. The molecule has 3 rings (SSSR count). The summed E-state index contributed by atoms with van der Waals surface area (Å²) < 4.78 is 5.92. The molecule has 0 radical (unpaired) electrons. The van der Waals surface area contributed by atoms with E-state index in [0.717, 1.165) is 6.42 Å². The van der Waals surface area contributed by atoms with E-state index < -0.39 is 5.41 Å². The van der Waals surface area contributed by atoms with Gasteiger partial charge in [0.2, 0.25) is 5.91 Å². The lowest BCUT2D eigenvalue weighted by molar-refractivity contribution is -0.127. The number of anilines is 2. The summed E-state index contributed by atoms with van der Waals surface area (Å²) in [7, 11) is 0. The monoisotopic (exact) mass is 377 g/mol. The lowest BCUT2D eigenvalue weighted by Gasteiger charge is -2.27. The van der Waals surface area contributed by atoms with E-state index in [0.29, 0.717) is 34.8 Å². The zero-order valence-electron chi connectivity index (χ0n) is 16.3. The highest BCUT2D eigenvalue weighted by atomic mass is 16.5. The van der Waals surface area contributed by atoms with Crippen LogP contribution in [-0.2, 0) is 4.79 Å². The summed E-state index contributed by atoms with van der Waals surface area (Å²) >= 11 is 0. The van der Waals surface area contributed by atoms with Crippen molar-refractivity contribution in [3.63, 3.8) is 0 Å². The second-order valence-corrected chi connectivity index (χ2v) is 7.46. The van der Waals surface area contributed by atoms with Gasteiger partial charge in [0.25, 0.3) is 5.91 Å². The molecule has 0 unspecified atom stereocenters. The van der Waals surface area contributed by atoms with E-state index in [-0.39, 0.29) is 18.4 Å². The molecule has 6 heteroatoms. The van der Waals surface area contributed by atoms with Crippen LogP contribution in [0.4, 0.5) is 11.4 Å². The van der Waals surface area contributed by atoms with E-state index in [9.17, 15) is 9.59 Å². The fourth-order valence-corrected chi connectivity index (χ4v) is 3.07. The minimum Gasteiger partial charge on any atom is -0.490 e. The van der Waals surface area contributed by atoms with Crippen molar-refractivity contribution < 1.29 is 14.3 Å². The van der Waals surface area contributed by atoms with Crippen LogP contribution in [0.3, 0.4) is 0 Å². The quantitative estimate of drug-likeness (QED) is 0.874. The number of amides is 2. The first-order chi connectivity index (χ1) is 13.4. The first-order valence-corrected chi connectivity index (χ1v) is 9.26. The summed E-state index contributed by atoms with van der Waals surface area (Å²) in [6.07, 6.45) is 0.832. The van der Waals surface area contributed by atoms with Crippen molar-refractivity contribution in [1.29, 1.82) is 5.26 Å². The van der Waals surface area contributed by atoms with Gasteiger partial charge in [-0.15, -0.1) is 0 Å². The van der Waals surface area contributed by atoms with Gasteiger partial charge in [0.05, 0.1) is 22.7 Å². The molecule has 0 saturated carbocycles. The molecule has 0 saturated heterocycles. The second kappa shape index (κ2) is 7.73. The van der Waals surface area contributed by atoms with Crippen molar-refractivity contribution in [1.82, 2.24) is 0 Å². The normalized spacial score (nSPS) is 15.1. The van der Waals surface area contributed by atoms with Crippen molar-refractivity contribution in [3.05, 3.63) is 53.6 Å². The standard InChI is InChI=1S/C22H23N3O3/c1-4-11-25-18-10-9-17(12-19(18)28-14-22(2,3)21(25)27)24-20(26)16-7-5-15(13-23)6-8-16/h5-10,12H,4,11,14H2,1-3H3,(H,24,26). The van der Waals surface area contributed by atoms with Crippen LogP contribution in [-0.4, -0.2) is 25.0 Å². The molecule has 1 aliphatic heterocycles. The number of hydrogen-bond acceptors (Lipinski definition) is 4. The number of carbonyl (C=O) groups excluding carboxylic acids is 2. The molecule has 0 aromatic heterocycles. The smallest absolute Gasteiger partial charge is 0.255 e. The Balaban J connectivity index is 1.86. The van der Waals surface area contributed by atoms with Gasteiger partial charge in [-0.3, -0.25) is 9.59 Å². The van der Waals surface area contributed by atoms with E-state index in [1.54, 1.807) is 47.4 Å². The maximum absolute atomic E-state index is 12.9. The van der Waals surface area contributed by atoms with Crippen LogP contribution in [0.2, 0.25) is 0 Å². The summed E-state index contributed by atoms with van der Waals surface area (Å²) in [5.41, 5.74) is 1.63. The molecule has 1 heterocycles.